The Balaban J connectivity index is 0.000000196. The average molecular weight is 974 g/mol. The number of halogens is 2. The second-order valence-electron chi connectivity index (χ2n) is 14.2. The van der Waals surface area contributed by atoms with E-state index in [-0.39, 0.29) is 75.2 Å². The quantitative estimate of drug-likeness (QED) is 0.0640. The third-order valence-corrected chi connectivity index (χ3v) is 10.9. The molecule has 0 aromatic heterocycles. The van der Waals surface area contributed by atoms with Crippen LogP contribution in [0.1, 0.15) is 60.8 Å². The standard InChI is InChI=1S/C24H13ClO5.C14H10O5.C10H7ClO2.2CO2.CH4/c25-19-11-15-12(9-20(19)27)5-7-18-22(15)29-21-10-13(26)6-8-17(21)24(18)16-4-2-1-3-14(16)23(28)30-24;15-8-5-6-11(12(16)7-8)13(17)9-3-1-2-4-10(9)14(18)19;11-8-5-7-6(4-10(8)13)2-1-3-9(7)12;2*2-1-3;/h1-11,26-27H;1-7,15-16H,(H,18,19);1-5,12-13H;;;1H4. The van der Waals surface area contributed by atoms with Gasteiger partial charge in [-0.25, -0.2) is 9.59 Å². The number of carbonyl (C=O) groups is 3. The highest BCUT2D eigenvalue weighted by molar-refractivity contribution is 6.33. The summed E-state index contributed by atoms with van der Waals surface area (Å²) in [6.07, 6.45) is 0.500. The van der Waals surface area contributed by atoms with Crippen LogP contribution >= 0.6 is 23.2 Å². The van der Waals surface area contributed by atoms with Crippen LogP contribution in [-0.2, 0) is 29.5 Å². The van der Waals surface area contributed by atoms with Gasteiger partial charge >= 0.3 is 24.2 Å². The highest BCUT2D eigenvalue weighted by atomic mass is 35.5. The molecular weight excluding hydrogens is 939 g/mol. The van der Waals surface area contributed by atoms with E-state index in [1.165, 1.54) is 48.5 Å². The number of fused-ring (bicyclic) bond motifs is 9. The molecule has 10 rings (SSSR count). The van der Waals surface area contributed by atoms with Crippen LogP contribution in [0.5, 0.6) is 46.0 Å². The molecule has 16 nitrogen and oxygen atoms in total. The lowest BCUT2D eigenvalue weighted by molar-refractivity contribution is -0.193. The number of benzene rings is 8. The minimum absolute atomic E-state index is 0. The van der Waals surface area contributed by atoms with Crippen molar-refractivity contribution >= 4 is 74.8 Å². The molecule has 1 atom stereocenters. The van der Waals surface area contributed by atoms with Crippen LogP contribution in [0.4, 0.5) is 0 Å². The van der Waals surface area contributed by atoms with Gasteiger partial charge in [-0.1, -0.05) is 85.2 Å². The van der Waals surface area contributed by atoms with Gasteiger partial charge in [-0.2, -0.15) is 19.2 Å². The molecule has 2 aliphatic heterocycles. The second kappa shape index (κ2) is 21.4. The SMILES string of the molecule is C.O=C(O)c1ccccc1C(=O)c1ccc(O)cc1O.O=C1OC2(c3ccc(O)cc3Oc3c2ccc2cc(O)c(Cl)cc32)c2ccccc21.O=C=O.O=C=O.Oc1cc2cccc(O)c2cc1Cl. The van der Waals surface area contributed by atoms with Gasteiger partial charge in [0.1, 0.15) is 46.0 Å². The fourth-order valence-electron chi connectivity index (χ4n) is 7.45. The Morgan fingerprint density at radius 1 is 0.522 bits per heavy atom. The van der Waals surface area contributed by atoms with Crippen LogP contribution in [-0.4, -0.2) is 65.8 Å². The lowest BCUT2D eigenvalue weighted by Crippen LogP contribution is -2.33. The molecule has 7 N–H and O–H groups in total. The molecular formula is C51H34Cl2O16. The summed E-state index contributed by atoms with van der Waals surface area (Å²) in [5.41, 5.74) is 1.01. The predicted molar refractivity (Wildman–Crippen MR) is 246 cm³/mol. The number of carboxylic acids is 1. The smallest absolute Gasteiger partial charge is 0.373 e. The first kappa shape index (κ1) is 50.8. The maximum absolute atomic E-state index is 12.8. The van der Waals surface area contributed by atoms with Crippen molar-refractivity contribution in [3.8, 4) is 46.0 Å². The van der Waals surface area contributed by atoms with Crippen molar-refractivity contribution in [3.05, 3.63) is 189 Å². The van der Waals surface area contributed by atoms with E-state index in [9.17, 15) is 39.9 Å². The van der Waals surface area contributed by atoms with Crippen LogP contribution in [0.2, 0.25) is 10.0 Å². The summed E-state index contributed by atoms with van der Waals surface area (Å²) < 4.78 is 12.3. The first-order chi connectivity index (χ1) is 32.5. The Bertz CT molecular complexity index is 3360. The number of rotatable bonds is 3. The topological polar surface area (TPSA) is 280 Å². The van der Waals surface area contributed by atoms with E-state index in [4.69, 9.17) is 62.1 Å². The van der Waals surface area contributed by atoms with Crippen LogP contribution < -0.4 is 4.74 Å². The van der Waals surface area contributed by atoms with Crippen molar-refractivity contribution in [3.63, 3.8) is 0 Å². The zero-order valence-corrected chi connectivity index (χ0v) is 35.9. The molecule has 1 unspecified atom stereocenters. The number of aromatic hydroxyl groups is 6. The maximum atomic E-state index is 12.8. The van der Waals surface area contributed by atoms with Crippen molar-refractivity contribution in [1.82, 2.24) is 0 Å². The van der Waals surface area contributed by atoms with E-state index in [0.29, 0.717) is 49.9 Å². The number of phenols is 6. The first-order valence-corrected chi connectivity index (χ1v) is 20.0. The monoisotopic (exact) mass is 972 g/mol. The molecule has 2 aliphatic rings. The predicted octanol–water partition coefficient (Wildman–Crippen LogP) is 9.87. The van der Waals surface area contributed by atoms with Crippen molar-refractivity contribution in [2.45, 2.75) is 13.0 Å². The molecule has 1 spiro atoms. The van der Waals surface area contributed by atoms with E-state index < -0.39 is 29.1 Å². The van der Waals surface area contributed by atoms with Gasteiger partial charge in [-0.15, -0.1) is 0 Å². The summed E-state index contributed by atoms with van der Waals surface area (Å²) in [6, 6.07) is 36.2. The summed E-state index contributed by atoms with van der Waals surface area (Å²) in [7, 11) is 0. The van der Waals surface area contributed by atoms with Crippen molar-refractivity contribution in [2.24, 2.45) is 0 Å². The fourth-order valence-corrected chi connectivity index (χ4v) is 7.77. The van der Waals surface area contributed by atoms with E-state index >= 15 is 0 Å². The van der Waals surface area contributed by atoms with Gasteiger partial charge in [0.15, 0.2) is 11.4 Å². The van der Waals surface area contributed by atoms with Crippen molar-refractivity contribution < 1.29 is 78.8 Å². The highest BCUT2D eigenvalue weighted by Crippen LogP contribution is 2.58. The lowest BCUT2D eigenvalue weighted by atomic mass is 9.77. The summed E-state index contributed by atoms with van der Waals surface area (Å²) in [6.45, 7) is 0. The molecule has 0 radical (unpaired) electrons. The molecule has 8 aromatic carbocycles. The molecule has 8 aromatic rings. The molecule has 18 heteroatoms. The summed E-state index contributed by atoms with van der Waals surface area (Å²) in [5.74, 6) is -1.82. The van der Waals surface area contributed by atoms with E-state index in [2.05, 4.69) is 0 Å². The van der Waals surface area contributed by atoms with Gasteiger partial charge in [-0.05, 0) is 83.6 Å². The molecule has 0 bridgehead atoms. The molecule has 0 saturated heterocycles. The zero-order chi connectivity index (χ0) is 49.4. The second-order valence-corrected chi connectivity index (χ2v) is 15.0. The Hall–Kier alpha value is -9.17. The zero-order valence-electron chi connectivity index (χ0n) is 34.3. The minimum Gasteiger partial charge on any atom is -0.508 e. The number of hydrogen-bond acceptors (Lipinski definition) is 15. The number of ether oxygens (including phenoxy) is 2. The number of carboxylic acid groups (broad SMARTS) is 1. The van der Waals surface area contributed by atoms with Crippen LogP contribution in [0.15, 0.2) is 140 Å². The third kappa shape index (κ3) is 10.1. The van der Waals surface area contributed by atoms with Crippen molar-refractivity contribution in [2.75, 3.05) is 0 Å². The Morgan fingerprint density at radius 3 is 1.71 bits per heavy atom. The number of ketones is 1. The van der Waals surface area contributed by atoms with Crippen LogP contribution in [0, 0.1) is 0 Å². The van der Waals surface area contributed by atoms with Gasteiger partial charge in [0.2, 0.25) is 0 Å². The van der Waals surface area contributed by atoms with Gasteiger partial charge in [0.05, 0.1) is 26.7 Å². The number of hydrogen-bond donors (Lipinski definition) is 7. The summed E-state index contributed by atoms with van der Waals surface area (Å²) in [5, 5.41) is 69.8. The summed E-state index contributed by atoms with van der Waals surface area (Å²) >= 11 is 11.9. The number of esters is 1. The first-order valence-electron chi connectivity index (χ1n) is 19.3. The Labute approximate surface area is 399 Å². The van der Waals surface area contributed by atoms with E-state index in [1.807, 2.05) is 24.3 Å². The minimum atomic E-state index is -1.22. The molecule has 0 aliphatic carbocycles. The van der Waals surface area contributed by atoms with Gasteiger partial charge < -0.3 is 45.2 Å². The van der Waals surface area contributed by atoms with Gasteiger partial charge in [0.25, 0.3) is 0 Å². The van der Waals surface area contributed by atoms with E-state index in [0.717, 1.165) is 11.5 Å². The molecule has 0 fully saturated rings. The maximum Gasteiger partial charge on any atom is 0.373 e. The molecule has 0 amide bonds. The Morgan fingerprint density at radius 2 is 1.07 bits per heavy atom. The highest BCUT2D eigenvalue weighted by Gasteiger charge is 2.53. The number of phenolic OH excluding ortho intramolecular Hbond substituents is 6. The largest absolute Gasteiger partial charge is 0.508 e. The molecule has 348 valence electrons. The van der Waals surface area contributed by atoms with Gasteiger partial charge in [0, 0.05) is 45.2 Å². The van der Waals surface area contributed by atoms with Crippen LogP contribution in [0.25, 0.3) is 21.5 Å². The van der Waals surface area contributed by atoms with Crippen molar-refractivity contribution in [1.29, 1.82) is 0 Å². The van der Waals surface area contributed by atoms with E-state index in [1.54, 1.807) is 60.7 Å². The number of aromatic carboxylic acids is 1. The Kier molecular flexibility index (Phi) is 15.8. The third-order valence-electron chi connectivity index (χ3n) is 10.3. The lowest BCUT2D eigenvalue weighted by Gasteiger charge is -2.37. The molecule has 2 heterocycles. The molecule has 0 saturated carbocycles. The number of carbonyl (C=O) groups excluding carboxylic acids is 6. The molecule has 69 heavy (non-hydrogen) atoms. The average Bonchev–Trinajstić information content (AvgIpc) is 3.60. The van der Waals surface area contributed by atoms with Crippen LogP contribution in [0.3, 0.4) is 0 Å². The fraction of sp³-hybridized carbons (Fsp3) is 0.0392. The normalized spacial score (nSPS) is 13.0. The summed E-state index contributed by atoms with van der Waals surface area (Å²) in [4.78, 5) is 68.6. The van der Waals surface area contributed by atoms with Gasteiger partial charge in [-0.3, -0.25) is 4.79 Å².